The minimum Gasteiger partial charge on any atom is -0.478 e. The van der Waals surface area contributed by atoms with Crippen molar-refractivity contribution in [3.63, 3.8) is 0 Å². The van der Waals surface area contributed by atoms with Gasteiger partial charge in [0.2, 0.25) is 0 Å². The first-order valence-electron chi connectivity index (χ1n) is 11.5. The van der Waals surface area contributed by atoms with E-state index in [9.17, 15) is 14.7 Å². The van der Waals surface area contributed by atoms with E-state index in [1.165, 1.54) is 16.7 Å². The van der Waals surface area contributed by atoms with Gasteiger partial charge < -0.3 is 19.9 Å². The summed E-state index contributed by atoms with van der Waals surface area (Å²) >= 11 is 0. The van der Waals surface area contributed by atoms with Crippen molar-refractivity contribution in [1.82, 2.24) is 14.8 Å². The summed E-state index contributed by atoms with van der Waals surface area (Å²) in [4.78, 5) is 27.8. The van der Waals surface area contributed by atoms with Crippen LogP contribution in [0.3, 0.4) is 0 Å². The zero-order valence-electron chi connectivity index (χ0n) is 19.7. The van der Waals surface area contributed by atoms with Gasteiger partial charge in [-0.1, -0.05) is 24.3 Å². The number of fused-ring (bicyclic) bond motifs is 2. The van der Waals surface area contributed by atoms with Crippen LogP contribution in [0.5, 0.6) is 0 Å². The van der Waals surface area contributed by atoms with Crippen LogP contribution in [-0.4, -0.2) is 39.0 Å². The van der Waals surface area contributed by atoms with Crippen molar-refractivity contribution in [2.24, 2.45) is 7.05 Å². The van der Waals surface area contributed by atoms with Crippen molar-refractivity contribution in [3.05, 3.63) is 81.5 Å². The third kappa shape index (κ3) is 4.01. The Morgan fingerprint density at radius 3 is 2.47 bits per heavy atom. The van der Waals surface area contributed by atoms with Gasteiger partial charge in [0.15, 0.2) is 0 Å². The predicted octanol–water partition coefficient (Wildman–Crippen LogP) is 4.35. The number of carboxylic acids is 1. The summed E-state index contributed by atoms with van der Waals surface area (Å²) in [5, 5.41) is 13.1. The van der Waals surface area contributed by atoms with Gasteiger partial charge >= 0.3 is 5.97 Å². The van der Waals surface area contributed by atoms with Crippen LogP contribution < -0.4 is 5.32 Å². The number of nitrogens with zero attached hydrogens (tertiary/aromatic N) is 2. The van der Waals surface area contributed by atoms with Crippen LogP contribution in [-0.2, 0) is 33.0 Å². The number of nitrogens with one attached hydrogen (secondary N) is 1. The second-order valence-corrected chi connectivity index (χ2v) is 9.24. The number of carbonyl (C=O) groups excluding carboxylic acids is 1. The molecule has 0 saturated carbocycles. The maximum Gasteiger partial charge on any atom is 0.337 e. The Morgan fingerprint density at radius 1 is 1.03 bits per heavy atom. The van der Waals surface area contributed by atoms with Crippen molar-refractivity contribution < 1.29 is 14.7 Å². The molecule has 6 nitrogen and oxygen atoms in total. The van der Waals surface area contributed by atoms with Crippen LogP contribution in [0.25, 0.3) is 11.3 Å². The minimum atomic E-state index is -0.953. The van der Waals surface area contributed by atoms with Gasteiger partial charge in [-0.2, -0.15) is 0 Å². The molecule has 1 amide bonds. The average Bonchev–Trinajstić information content (AvgIpc) is 3.11. The van der Waals surface area contributed by atoms with Gasteiger partial charge in [0.25, 0.3) is 5.91 Å². The van der Waals surface area contributed by atoms with Crippen LogP contribution in [0, 0.1) is 6.92 Å². The third-order valence-corrected chi connectivity index (χ3v) is 7.27. The molecule has 34 heavy (non-hydrogen) atoms. The van der Waals surface area contributed by atoms with Crippen LogP contribution in [0.1, 0.15) is 55.6 Å². The fraction of sp³-hybridized carbons (Fsp3) is 0.333. The number of amides is 1. The van der Waals surface area contributed by atoms with Crippen LogP contribution in [0.2, 0.25) is 0 Å². The molecule has 2 N–H and O–H groups in total. The van der Waals surface area contributed by atoms with E-state index in [2.05, 4.69) is 36.5 Å². The first-order chi connectivity index (χ1) is 15.8. The lowest BCUT2D eigenvalue weighted by molar-refractivity contribution is 0.0657. The van der Waals surface area contributed by atoms with Gasteiger partial charge in [-0.15, -0.1) is 12.4 Å². The molecule has 0 fully saturated rings. The quantitative estimate of drug-likeness (QED) is 0.585. The van der Waals surface area contributed by atoms with E-state index in [-0.39, 0.29) is 29.9 Å². The largest absolute Gasteiger partial charge is 0.478 e. The Bertz CT molecular complexity index is 1280. The molecular weight excluding hydrogens is 450 g/mol. The molecule has 2 aliphatic heterocycles. The Balaban J connectivity index is 0.00000274. The topological polar surface area (TPSA) is 74.6 Å². The zero-order chi connectivity index (χ0) is 23.3. The van der Waals surface area contributed by atoms with E-state index in [0.717, 1.165) is 42.8 Å². The van der Waals surface area contributed by atoms with Crippen molar-refractivity contribution in [1.29, 1.82) is 0 Å². The van der Waals surface area contributed by atoms with Gasteiger partial charge in [-0.05, 0) is 73.7 Å². The van der Waals surface area contributed by atoms with Crippen LogP contribution in [0.4, 0.5) is 0 Å². The lowest BCUT2D eigenvalue weighted by atomic mass is 9.90. The summed E-state index contributed by atoms with van der Waals surface area (Å²) < 4.78 is 1.89. The molecule has 178 valence electrons. The molecule has 0 saturated heterocycles. The Labute approximate surface area is 206 Å². The fourth-order valence-electron chi connectivity index (χ4n) is 5.20. The highest BCUT2D eigenvalue weighted by Gasteiger charge is 2.31. The van der Waals surface area contributed by atoms with Crippen molar-refractivity contribution in [3.8, 4) is 11.3 Å². The highest BCUT2D eigenvalue weighted by Crippen LogP contribution is 2.34. The molecule has 0 radical (unpaired) electrons. The highest BCUT2D eigenvalue weighted by molar-refractivity contribution is 6.02. The Kier molecular flexibility index (Phi) is 6.56. The molecule has 1 aromatic heterocycles. The van der Waals surface area contributed by atoms with E-state index in [0.29, 0.717) is 17.8 Å². The molecule has 3 heterocycles. The molecule has 0 spiro atoms. The molecular formula is C27H30ClN3O3. The highest BCUT2D eigenvalue weighted by atomic mass is 35.5. The van der Waals surface area contributed by atoms with Gasteiger partial charge in [0.05, 0.1) is 5.56 Å². The van der Waals surface area contributed by atoms with Crippen molar-refractivity contribution in [2.45, 2.75) is 45.8 Å². The first-order valence-corrected chi connectivity index (χ1v) is 11.5. The first kappa shape index (κ1) is 24.0. The lowest BCUT2D eigenvalue weighted by Crippen LogP contribution is -2.43. The van der Waals surface area contributed by atoms with E-state index in [1.807, 2.05) is 28.6 Å². The number of rotatable bonds is 3. The normalized spacial score (nSPS) is 16.9. The number of aromatic nitrogens is 1. The van der Waals surface area contributed by atoms with Crippen molar-refractivity contribution >= 4 is 24.3 Å². The molecule has 3 aromatic rings. The standard InChI is InChI=1S/C27H29N3O3.ClH/c1-16-10-18-6-4-5-7-20(18)15-30(16)26(31)24-12-21-14-28-9-8-19(21)11-23(24)25-13-22(27(32)33)17(2)29(25)3;/h4-7,11-13,16,28H,8-10,14-15H2,1-3H3,(H,32,33);1H/t16-;/m1./s1. The maximum absolute atomic E-state index is 14.0. The smallest absolute Gasteiger partial charge is 0.337 e. The summed E-state index contributed by atoms with van der Waals surface area (Å²) in [7, 11) is 1.87. The van der Waals surface area contributed by atoms with E-state index in [4.69, 9.17) is 0 Å². The second-order valence-electron chi connectivity index (χ2n) is 9.24. The molecule has 1 atom stereocenters. The fourth-order valence-corrected chi connectivity index (χ4v) is 5.20. The van der Waals surface area contributed by atoms with Gasteiger partial charge in [0, 0.05) is 48.7 Å². The molecule has 0 bridgehead atoms. The molecule has 0 unspecified atom stereocenters. The average molecular weight is 480 g/mol. The molecule has 2 aromatic carbocycles. The number of hydrogen-bond acceptors (Lipinski definition) is 3. The number of halogens is 1. The molecule has 5 rings (SSSR count). The maximum atomic E-state index is 14.0. The number of benzene rings is 2. The summed E-state index contributed by atoms with van der Waals surface area (Å²) in [6.45, 7) is 6.12. The zero-order valence-corrected chi connectivity index (χ0v) is 20.5. The van der Waals surface area contributed by atoms with Crippen molar-refractivity contribution in [2.75, 3.05) is 6.54 Å². The Hall–Kier alpha value is -3.09. The number of aromatic carboxylic acids is 1. The summed E-state index contributed by atoms with van der Waals surface area (Å²) in [6, 6.07) is 14.2. The van der Waals surface area contributed by atoms with E-state index < -0.39 is 5.97 Å². The molecule has 0 aliphatic carbocycles. The number of carbonyl (C=O) groups is 2. The van der Waals surface area contributed by atoms with Gasteiger partial charge in [0.1, 0.15) is 0 Å². The van der Waals surface area contributed by atoms with Crippen LogP contribution >= 0.6 is 12.4 Å². The summed E-state index contributed by atoms with van der Waals surface area (Å²) in [6.07, 6.45) is 1.72. The monoisotopic (exact) mass is 479 g/mol. The Morgan fingerprint density at radius 2 is 1.76 bits per heavy atom. The summed E-state index contributed by atoms with van der Waals surface area (Å²) in [5.41, 5.74) is 8.00. The predicted molar refractivity (Wildman–Crippen MR) is 135 cm³/mol. The molecule has 7 heteroatoms. The van der Waals surface area contributed by atoms with Gasteiger partial charge in [-0.25, -0.2) is 4.79 Å². The molecule has 2 aliphatic rings. The third-order valence-electron chi connectivity index (χ3n) is 7.27. The number of carboxylic acid groups (broad SMARTS) is 1. The second kappa shape index (κ2) is 9.28. The summed E-state index contributed by atoms with van der Waals surface area (Å²) in [5.74, 6) is -0.957. The van der Waals surface area contributed by atoms with Gasteiger partial charge in [-0.3, -0.25) is 4.79 Å². The SMILES string of the molecule is Cc1c(C(=O)O)cc(-c2cc3c(cc2C(=O)N2Cc4ccccc4C[C@H]2C)CNCC3)n1C.Cl. The van der Waals surface area contributed by atoms with E-state index in [1.54, 1.807) is 13.0 Å². The number of hydrogen-bond donors (Lipinski definition) is 2. The lowest BCUT2D eigenvalue weighted by Gasteiger charge is -2.35. The van der Waals surface area contributed by atoms with E-state index >= 15 is 0 Å². The minimum absolute atomic E-state index is 0. The van der Waals surface area contributed by atoms with Crippen LogP contribution in [0.15, 0.2) is 42.5 Å².